The van der Waals surface area contributed by atoms with E-state index in [0.29, 0.717) is 18.4 Å². The number of hydrogen-bond acceptors (Lipinski definition) is 7. The molecule has 8 heteroatoms. The summed E-state index contributed by atoms with van der Waals surface area (Å²) in [5.41, 5.74) is 2.31. The molecule has 0 aromatic carbocycles. The maximum atomic E-state index is 10.9. The van der Waals surface area contributed by atoms with E-state index in [1.807, 2.05) is 0 Å². The van der Waals surface area contributed by atoms with Crippen molar-refractivity contribution in [1.29, 1.82) is 0 Å². The Balaban J connectivity index is 1.98. The molecule has 21 heavy (non-hydrogen) atoms. The van der Waals surface area contributed by atoms with Crippen molar-refractivity contribution in [1.82, 2.24) is 9.88 Å². The van der Waals surface area contributed by atoms with Gasteiger partial charge in [-0.25, -0.2) is 10.8 Å². The summed E-state index contributed by atoms with van der Waals surface area (Å²) < 4.78 is 0. The van der Waals surface area contributed by atoms with Crippen LogP contribution in [0.15, 0.2) is 12.1 Å². The Morgan fingerprint density at radius 1 is 1.38 bits per heavy atom. The van der Waals surface area contributed by atoms with Crippen molar-refractivity contribution in [2.24, 2.45) is 5.84 Å². The summed E-state index contributed by atoms with van der Waals surface area (Å²) in [6.45, 7) is 5.07. The average molecular weight is 294 g/mol. The molecular formula is C13H22N6O2. The van der Waals surface area contributed by atoms with Crippen LogP contribution in [0.4, 0.5) is 17.3 Å². The highest BCUT2D eigenvalue weighted by Gasteiger charge is 2.17. The van der Waals surface area contributed by atoms with E-state index in [4.69, 9.17) is 5.84 Å². The SMILES string of the molecule is CC(CNc1cc([N+](=O)[O-])cc(NN)n1)N1CCCCC1. The number of nitrogens with two attached hydrogens (primary N) is 1. The molecule has 8 nitrogen and oxygen atoms in total. The molecule has 1 unspecified atom stereocenters. The number of hydrazine groups is 1. The number of pyridine rings is 1. The highest BCUT2D eigenvalue weighted by Crippen LogP contribution is 2.20. The topological polar surface area (TPSA) is 109 Å². The quantitative estimate of drug-likeness (QED) is 0.415. The van der Waals surface area contributed by atoms with E-state index in [2.05, 4.69) is 27.6 Å². The zero-order chi connectivity index (χ0) is 15.2. The van der Waals surface area contributed by atoms with Gasteiger partial charge in [-0.15, -0.1) is 0 Å². The number of nitrogens with zero attached hydrogens (tertiary/aromatic N) is 3. The molecule has 1 atom stereocenters. The average Bonchev–Trinajstić information content (AvgIpc) is 2.53. The van der Waals surface area contributed by atoms with E-state index >= 15 is 0 Å². The molecule has 1 aliphatic heterocycles. The molecule has 1 aromatic rings. The predicted octanol–water partition coefficient (Wildman–Crippen LogP) is 1.56. The molecule has 1 saturated heterocycles. The molecule has 2 heterocycles. The molecule has 1 aliphatic rings. The van der Waals surface area contributed by atoms with Crippen molar-refractivity contribution >= 4 is 17.3 Å². The first-order chi connectivity index (χ1) is 10.1. The van der Waals surface area contributed by atoms with E-state index in [9.17, 15) is 10.1 Å². The van der Waals surface area contributed by atoms with Gasteiger partial charge in [0.25, 0.3) is 5.69 Å². The monoisotopic (exact) mass is 294 g/mol. The molecule has 0 spiro atoms. The number of rotatable bonds is 6. The van der Waals surface area contributed by atoms with Gasteiger partial charge in [0, 0.05) is 12.6 Å². The number of piperidine rings is 1. The number of anilines is 2. The first kappa shape index (κ1) is 15.5. The number of likely N-dealkylation sites (tertiary alicyclic amines) is 1. The Bertz CT molecular complexity index is 490. The Labute approximate surface area is 123 Å². The zero-order valence-electron chi connectivity index (χ0n) is 12.2. The van der Waals surface area contributed by atoms with Gasteiger partial charge in [-0.2, -0.15) is 0 Å². The van der Waals surface area contributed by atoms with Gasteiger partial charge in [0.2, 0.25) is 0 Å². The van der Waals surface area contributed by atoms with Gasteiger partial charge in [-0.3, -0.25) is 15.0 Å². The minimum Gasteiger partial charge on any atom is -0.368 e. The Kier molecular flexibility index (Phi) is 5.29. The maximum Gasteiger partial charge on any atom is 0.276 e. The summed E-state index contributed by atoms with van der Waals surface area (Å²) in [5, 5.41) is 14.0. The fourth-order valence-corrected chi connectivity index (χ4v) is 2.53. The van der Waals surface area contributed by atoms with Crippen LogP contribution < -0.4 is 16.6 Å². The molecule has 0 radical (unpaired) electrons. The van der Waals surface area contributed by atoms with Crippen molar-refractivity contribution < 1.29 is 4.92 Å². The van der Waals surface area contributed by atoms with Crippen LogP contribution in [0.25, 0.3) is 0 Å². The first-order valence-corrected chi connectivity index (χ1v) is 7.21. The van der Waals surface area contributed by atoms with Gasteiger partial charge < -0.3 is 10.7 Å². The third-order valence-corrected chi connectivity index (χ3v) is 3.76. The first-order valence-electron chi connectivity index (χ1n) is 7.21. The van der Waals surface area contributed by atoms with Gasteiger partial charge in [0.1, 0.15) is 11.6 Å². The van der Waals surface area contributed by atoms with Crippen molar-refractivity contribution in [2.45, 2.75) is 32.2 Å². The molecule has 0 amide bonds. The molecule has 0 aliphatic carbocycles. The van der Waals surface area contributed by atoms with E-state index < -0.39 is 4.92 Å². The molecule has 116 valence electrons. The lowest BCUT2D eigenvalue weighted by atomic mass is 10.1. The molecule has 1 fully saturated rings. The van der Waals surface area contributed by atoms with Crippen LogP contribution in [-0.2, 0) is 0 Å². The van der Waals surface area contributed by atoms with Gasteiger partial charge in [0.05, 0.1) is 17.1 Å². The molecule has 4 N–H and O–H groups in total. The molecular weight excluding hydrogens is 272 g/mol. The van der Waals surface area contributed by atoms with E-state index in [0.717, 1.165) is 13.1 Å². The fourth-order valence-electron chi connectivity index (χ4n) is 2.53. The molecule has 0 bridgehead atoms. The van der Waals surface area contributed by atoms with Crippen molar-refractivity contribution in [3.63, 3.8) is 0 Å². The number of hydrogen-bond donors (Lipinski definition) is 3. The van der Waals surface area contributed by atoms with Crippen LogP contribution in [0.1, 0.15) is 26.2 Å². The van der Waals surface area contributed by atoms with E-state index in [-0.39, 0.29) is 11.5 Å². The second-order valence-corrected chi connectivity index (χ2v) is 5.32. The minimum absolute atomic E-state index is 0.0360. The number of aromatic nitrogens is 1. The third kappa shape index (κ3) is 4.27. The van der Waals surface area contributed by atoms with Gasteiger partial charge >= 0.3 is 0 Å². The number of nitrogen functional groups attached to an aromatic ring is 1. The summed E-state index contributed by atoms with van der Waals surface area (Å²) in [5.74, 6) is 6.02. The zero-order valence-corrected chi connectivity index (χ0v) is 12.2. The normalized spacial score (nSPS) is 17.2. The van der Waals surface area contributed by atoms with Crippen LogP contribution >= 0.6 is 0 Å². The number of nitro groups is 1. The van der Waals surface area contributed by atoms with Crippen LogP contribution in [-0.4, -0.2) is 40.5 Å². The lowest BCUT2D eigenvalue weighted by molar-refractivity contribution is -0.384. The van der Waals surface area contributed by atoms with Crippen molar-refractivity contribution in [2.75, 3.05) is 30.4 Å². The summed E-state index contributed by atoms with van der Waals surface area (Å²) in [6.07, 6.45) is 3.77. The summed E-state index contributed by atoms with van der Waals surface area (Å²) in [6, 6.07) is 3.09. The summed E-state index contributed by atoms with van der Waals surface area (Å²) in [4.78, 5) is 17.0. The van der Waals surface area contributed by atoms with E-state index in [1.54, 1.807) is 0 Å². The molecule has 1 aromatic heterocycles. The molecule has 2 rings (SSSR count). The van der Waals surface area contributed by atoms with Gasteiger partial charge in [-0.05, 0) is 32.9 Å². The second kappa shape index (κ2) is 7.19. The van der Waals surface area contributed by atoms with Gasteiger partial charge in [-0.1, -0.05) is 6.42 Å². The van der Waals surface area contributed by atoms with Crippen LogP contribution in [0, 0.1) is 10.1 Å². The third-order valence-electron chi connectivity index (χ3n) is 3.76. The number of nitrogens with one attached hydrogen (secondary N) is 2. The van der Waals surface area contributed by atoms with E-state index in [1.165, 1.54) is 31.4 Å². The smallest absolute Gasteiger partial charge is 0.276 e. The fraction of sp³-hybridized carbons (Fsp3) is 0.615. The Hall–Kier alpha value is -1.93. The largest absolute Gasteiger partial charge is 0.368 e. The Morgan fingerprint density at radius 2 is 2.05 bits per heavy atom. The minimum atomic E-state index is -0.457. The Morgan fingerprint density at radius 3 is 2.67 bits per heavy atom. The van der Waals surface area contributed by atoms with Crippen LogP contribution in [0.3, 0.4) is 0 Å². The highest BCUT2D eigenvalue weighted by atomic mass is 16.6. The van der Waals surface area contributed by atoms with Crippen LogP contribution in [0.5, 0.6) is 0 Å². The van der Waals surface area contributed by atoms with Crippen LogP contribution in [0.2, 0.25) is 0 Å². The standard InChI is InChI=1S/C13H22N6O2/c1-10(18-5-3-2-4-6-18)9-15-12-7-11(19(20)21)8-13(16-12)17-14/h7-8,10H,2-6,9,14H2,1H3,(H2,15,16,17). The van der Waals surface area contributed by atoms with Crippen molar-refractivity contribution in [3.05, 3.63) is 22.2 Å². The second-order valence-electron chi connectivity index (χ2n) is 5.32. The lowest BCUT2D eigenvalue weighted by Crippen LogP contribution is -2.41. The highest BCUT2D eigenvalue weighted by molar-refractivity contribution is 5.54. The predicted molar refractivity (Wildman–Crippen MR) is 82.1 cm³/mol. The molecule has 0 saturated carbocycles. The lowest BCUT2D eigenvalue weighted by Gasteiger charge is -2.32. The van der Waals surface area contributed by atoms with Gasteiger partial charge in [0.15, 0.2) is 0 Å². The van der Waals surface area contributed by atoms with Crippen molar-refractivity contribution in [3.8, 4) is 0 Å². The summed E-state index contributed by atoms with van der Waals surface area (Å²) in [7, 11) is 0. The summed E-state index contributed by atoms with van der Waals surface area (Å²) >= 11 is 0. The maximum absolute atomic E-state index is 10.9.